The van der Waals surface area contributed by atoms with Gasteiger partial charge in [0, 0.05) is 18.6 Å². The molecule has 1 saturated heterocycles. The van der Waals surface area contributed by atoms with Crippen molar-refractivity contribution >= 4 is 0 Å². The molecule has 0 aromatic heterocycles. The van der Waals surface area contributed by atoms with Crippen molar-refractivity contribution in [2.45, 2.75) is 45.6 Å². The van der Waals surface area contributed by atoms with Crippen LogP contribution in [0.2, 0.25) is 0 Å². The van der Waals surface area contributed by atoms with Crippen LogP contribution in [0.4, 0.5) is 0 Å². The van der Waals surface area contributed by atoms with Crippen LogP contribution in [0, 0.1) is 17.8 Å². The molecule has 2 nitrogen and oxygen atoms in total. The summed E-state index contributed by atoms with van der Waals surface area (Å²) in [6, 6.07) is 0. The molecule has 1 saturated carbocycles. The lowest BCUT2D eigenvalue weighted by molar-refractivity contribution is 0.000215. The molecule has 2 rings (SSSR count). The smallest absolute Gasteiger partial charge is 0.0336 e. The molecule has 2 heteroatoms. The predicted molar refractivity (Wildman–Crippen MR) is 64.7 cm³/mol. The fraction of sp³-hybridized carbons (Fsp3) is 1.00. The van der Waals surface area contributed by atoms with E-state index in [2.05, 4.69) is 25.7 Å². The van der Waals surface area contributed by atoms with Crippen molar-refractivity contribution < 1.29 is 0 Å². The maximum Gasteiger partial charge on any atom is 0.0336 e. The van der Waals surface area contributed by atoms with Gasteiger partial charge in [-0.05, 0) is 43.6 Å². The van der Waals surface area contributed by atoms with E-state index >= 15 is 0 Å². The molecule has 0 bridgehead atoms. The monoisotopic (exact) mass is 210 g/mol. The van der Waals surface area contributed by atoms with Gasteiger partial charge in [0.25, 0.3) is 0 Å². The molecule has 1 aliphatic carbocycles. The van der Waals surface area contributed by atoms with E-state index in [4.69, 9.17) is 5.73 Å². The molecule has 88 valence electrons. The van der Waals surface area contributed by atoms with Crippen molar-refractivity contribution in [3.05, 3.63) is 0 Å². The van der Waals surface area contributed by atoms with Gasteiger partial charge in [-0.2, -0.15) is 0 Å². The molecule has 0 amide bonds. The Morgan fingerprint density at radius 3 is 2.47 bits per heavy atom. The number of likely N-dealkylation sites (tertiary alicyclic amines) is 1. The second kappa shape index (κ2) is 4.06. The highest BCUT2D eigenvalue weighted by Gasteiger charge is 2.47. The van der Waals surface area contributed by atoms with Crippen LogP contribution < -0.4 is 5.73 Å². The lowest BCUT2D eigenvalue weighted by Gasteiger charge is -2.52. The molecule has 0 spiro atoms. The summed E-state index contributed by atoms with van der Waals surface area (Å²) < 4.78 is 0. The van der Waals surface area contributed by atoms with Crippen LogP contribution in [-0.4, -0.2) is 30.1 Å². The summed E-state index contributed by atoms with van der Waals surface area (Å²) in [5, 5.41) is 0. The zero-order chi connectivity index (χ0) is 11.1. The first-order chi connectivity index (χ1) is 7.07. The van der Waals surface area contributed by atoms with Gasteiger partial charge in [0.15, 0.2) is 0 Å². The van der Waals surface area contributed by atoms with Crippen molar-refractivity contribution in [1.82, 2.24) is 4.90 Å². The average molecular weight is 210 g/mol. The van der Waals surface area contributed by atoms with E-state index < -0.39 is 0 Å². The third-order valence-corrected chi connectivity index (χ3v) is 4.68. The zero-order valence-electron chi connectivity index (χ0n) is 10.5. The van der Waals surface area contributed by atoms with Crippen LogP contribution in [0.25, 0.3) is 0 Å². The quantitative estimate of drug-likeness (QED) is 0.773. The molecule has 1 unspecified atom stereocenters. The summed E-state index contributed by atoms with van der Waals surface area (Å²) in [4.78, 5) is 2.69. The second-order valence-corrected chi connectivity index (χ2v) is 6.18. The Morgan fingerprint density at radius 2 is 2.07 bits per heavy atom. The Hall–Kier alpha value is -0.0800. The predicted octanol–water partition coefficient (Wildman–Crippen LogP) is 2.09. The fourth-order valence-corrected chi connectivity index (χ4v) is 3.55. The Balaban J connectivity index is 1.95. The van der Waals surface area contributed by atoms with E-state index in [0.29, 0.717) is 5.54 Å². The molecule has 0 aromatic rings. The summed E-state index contributed by atoms with van der Waals surface area (Å²) in [6.07, 6.45) is 4.04. The highest BCUT2D eigenvalue weighted by atomic mass is 15.2. The Morgan fingerprint density at radius 1 is 1.40 bits per heavy atom. The minimum absolute atomic E-state index is 0.392. The Labute approximate surface area is 94.2 Å². The van der Waals surface area contributed by atoms with E-state index in [-0.39, 0.29) is 0 Å². The molecule has 2 aliphatic rings. The van der Waals surface area contributed by atoms with Crippen LogP contribution in [0.5, 0.6) is 0 Å². The molecule has 15 heavy (non-hydrogen) atoms. The minimum atomic E-state index is 0.392. The van der Waals surface area contributed by atoms with E-state index in [1.807, 2.05) is 0 Å². The lowest BCUT2D eigenvalue weighted by Crippen LogP contribution is -2.60. The summed E-state index contributed by atoms with van der Waals surface area (Å²) in [5.74, 6) is 2.64. The van der Waals surface area contributed by atoms with Crippen LogP contribution in [-0.2, 0) is 0 Å². The van der Waals surface area contributed by atoms with Gasteiger partial charge in [0.05, 0.1) is 0 Å². The van der Waals surface area contributed by atoms with E-state index in [0.717, 1.165) is 24.3 Å². The van der Waals surface area contributed by atoms with Crippen molar-refractivity contribution in [2.24, 2.45) is 23.5 Å². The number of hydrogen-bond acceptors (Lipinski definition) is 2. The van der Waals surface area contributed by atoms with Gasteiger partial charge in [-0.25, -0.2) is 0 Å². The van der Waals surface area contributed by atoms with Gasteiger partial charge in [-0.3, -0.25) is 4.90 Å². The summed E-state index contributed by atoms with van der Waals surface area (Å²) in [7, 11) is 0. The van der Waals surface area contributed by atoms with Gasteiger partial charge in [-0.1, -0.05) is 20.8 Å². The number of hydrogen-bond donors (Lipinski definition) is 1. The van der Waals surface area contributed by atoms with Crippen LogP contribution >= 0.6 is 0 Å². The van der Waals surface area contributed by atoms with Crippen molar-refractivity contribution in [3.63, 3.8) is 0 Å². The molecular formula is C13H26N2. The molecule has 1 atom stereocenters. The third-order valence-electron chi connectivity index (χ3n) is 4.68. The molecule has 0 aromatic carbocycles. The average Bonchev–Trinajstić information content (AvgIpc) is 2.61. The molecule has 2 fully saturated rings. The van der Waals surface area contributed by atoms with Gasteiger partial charge >= 0.3 is 0 Å². The normalized spacial score (nSPS) is 42.2. The van der Waals surface area contributed by atoms with Crippen molar-refractivity contribution in [1.29, 1.82) is 0 Å². The Kier molecular flexibility index (Phi) is 3.09. The van der Waals surface area contributed by atoms with Gasteiger partial charge in [0.1, 0.15) is 0 Å². The molecule has 1 heterocycles. The fourth-order valence-electron chi connectivity index (χ4n) is 3.55. The second-order valence-electron chi connectivity index (χ2n) is 6.18. The molecular weight excluding hydrogens is 184 g/mol. The van der Waals surface area contributed by atoms with Crippen molar-refractivity contribution in [3.8, 4) is 0 Å². The number of rotatable bonds is 3. The van der Waals surface area contributed by atoms with Gasteiger partial charge < -0.3 is 5.73 Å². The summed E-state index contributed by atoms with van der Waals surface area (Å²) >= 11 is 0. The van der Waals surface area contributed by atoms with Crippen molar-refractivity contribution in [2.75, 3.05) is 19.6 Å². The van der Waals surface area contributed by atoms with Gasteiger partial charge in [-0.15, -0.1) is 0 Å². The first kappa shape index (κ1) is 11.4. The lowest BCUT2D eigenvalue weighted by atomic mass is 9.68. The number of nitrogens with zero attached hydrogens (tertiary/aromatic N) is 1. The summed E-state index contributed by atoms with van der Waals surface area (Å²) in [5.41, 5.74) is 6.38. The number of nitrogens with two attached hydrogens (primary N) is 1. The molecule has 0 radical (unpaired) electrons. The Bertz CT molecular complexity index is 219. The first-order valence-corrected chi connectivity index (χ1v) is 6.52. The maximum atomic E-state index is 5.99. The standard InChI is InChI=1S/C13H26N2/c1-10(2)12-4-5-15(8-12)13(9-14)6-11(3)7-13/h10-12H,4-9,14H2,1-3H3. The highest BCUT2D eigenvalue weighted by Crippen LogP contribution is 2.44. The minimum Gasteiger partial charge on any atom is -0.329 e. The van der Waals surface area contributed by atoms with E-state index in [1.165, 1.54) is 32.4 Å². The molecule has 2 N–H and O–H groups in total. The van der Waals surface area contributed by atoms with Gasteiger partial charge in [0.2, 0.25) is 0 Å². The largest absolute Gasteiger partial charge is 0.329 e. The zero-order valence-corrected chi connectivity index (χ0v) is 10.5. The van der Waals surface area contributed by atoms with Crippen LogP contribution in [0.15, 0.2) is 0 Å². The maximum absolute atomic E-state index is 5.99. The van der Waals surface area contributed by atoms with E-state index in [9.17, 15) is 0 Å². The molecule has 1 aliphatic heterocycles. The van der Waals surface area contributed by atoms with E-state index in [1.54, 1.807) is 0 Å². The topological polar surface area (TPSA) is 29.3 Å². The van der Waals surface area contributed by atoms with Crippen LogP contribution in [0.3, 0.4) is 0 Å². The SMILES string of the molecule is CC1CC(CN)(N2CCC(C(C)C)C2)C1. The highest BCUT2D eigenvalue weighted by molar-refractivity contribution is 5.04. The third kappa shape index (κ3) is 1.94. The first-order valence-electron chi connectivity index (χ1n) is 6.52. The van der Waals surface area contributed by atoms with Crippen LogP contribution in [0.1, 0.15) is 40.0 Å². The summed E-state index contributed by atoms with van der Waals surface area (Å²) in [6.45, 7) is 10.5.